The van der Waals surface area contributed by atoms with Crippen LogP contribution < -0.4 is 16.2 Å². The summed E-state index contributed by atoms with van der Waals surface area (Å²) in [5, 5.41) is 6.49. The maximum Gasteiger partial charge on any atom is 0.262 e. The van der Waals surface area contributed by atoms with Gasteiger partial charge in [0.2, 0.25) is 11.8 Å². The van der Waals surface area contributed by atoms with Crippen molar-refractivity contribution in [2.75, 3.05) is 24.2 Å². The van der Waals surface area contributed by atoms with Gasteiger partial charge in [0.15, 0.2) is 5.16 Å². The Morgan fingerprint density at radius 3 is 2.74 bits per heavy atom. The summed E-state index contributed by atoms with van der Waals surface area (Å²) >= 11 is 1.18. The van der Waals surface area contributed by atoms with E-state index < -0.39 is 0 Å². The number of benzene rings is 2. The molecule has 4 rings (SSSR count). The summed E-state index contributed by atoms with van der Waals surface area (Å²) in [6, 6.07) is 14.8. The van der Waals surface area contributed by atoms with Gasteiger partial charge in [0.05, 0.1) is 35.8 Å². The van der Waals surface area contributed by atoms with Crippen molar-refractivity contribution in [3.8, 4) is 0 Å². The molecule has 1 aliphatic rings. The molecule has 1 aliphatic heterocycles. The highest BCUT2D eigenvalue weighted by Gasteiger charge is 2.20. The van der Waals surface area contributed by atoms with Gasteiger partial charge in [0.1, 0.15) is 0 Å². The first-order valence-corrected chi connectivity index (χ1v) is 12.4. The van der Waals surface area contributed by atoms with Crippen LogP contribution in [0.25, 0.3) is 10.9 Å². The molecule has 0 bridgehead atoms. The van der Waals surface area contributed by atoms with Crippen LogP contribution in [0.3, 0.4) is 0 Å². The molecule has 34 heavy (non-hydrogen) atoms. The zero-order chi connectivity index (χ0) is 23.9. The molecule has 1 saturated heterocycles. The molecule has 0 radical (unpaired) electrons. The highest BCUT2D eigenvalue weighted by atomic mass is 32.2. The molecule has 1 atom stereocenters. The Morgan fingerprint density at radius 1 is 1.15 bits per heavy atom. The van der Waals surface area contributed by atoms with Crippen LogP contribution in [0.1, 0.15) is 25.3 Å². The number of amides is 2. The second kappa shape index (κ2) is 11.3. The fourth-order valence-corrected chi connectivity index (χ4v) is 4.75. The number of nitrogens with zero attached hydrogens (tertiary/aromatic N) is 2. The summed E-state index contributed by atoms with van der Waals surface area (Å²) in [5.41, 5.74) is 2.23. The molecular weight excluding hydrogens is 452 g/mol. The van der Waals surface area contributed by atoms with Crippen LogP contribution in [0.2, 0.25) is 0 Å². The average Bonchev–Trinajstić information content (AvgIpc) is 3.37. The number of para-hydroxylation sites is 2. The van der Waals surface area contributed by atoms with Crippen molar-refractivity contribution < 1.29 is 14.3 Å². The molecule has 9 heteroatoms. The minimum atomic E-state index is -0.310. The first-order valence-electron chi connectivity index (χ1n) is 11.4. The Hall–Kier alpha value is -3.17. The second-order valence-corrected chi connectivity index (χ2v) is 9.03. The van der Waals surface area contributed by atoms with Gasteiger partial charge < -0.3 is 15.4 Å². The number of aromatic nitrogens is 2. The summed E-state index contributed by atoms with van der Waals surface area (Å²) in [7, 11) is 0. The number of carbonyl (C=O) groups is 2. The van der Waals surface area contributed by atoms with E-state index >= 15 is 0 Å². The monoisotopic (exact) mass is 480 g/mol. The van der Waals surface area contributed by atoms with Crippen LogP contribution >= 0.6 is 11.8 Å². The van der Waals surface area contributed by atoms with Crippen LogP contribution in [0.15, 0.2) is 58.5 Å². The molecule has 1 aromatic heterocycles. The summed E-state index contributed by atoms with van der Waals surface area (Å²) in [4.78, 5) is 42.5. The van der Waals surface area contributed by atoms with Crippen molar-refractivity contribution in [3.05, 3.63) is 64.4 Å². The van der Waals surface area contributed by atoms with Crippen molar-refractivity contribution in [2.24, 2.45) is 0 Å². The molecule has 2 heterocycles. The van der Waals surface area contributed by atoms with Crippen molar-refractivity contribution in [1.82, 2.24) is 14.9 Å². The number of fused-ring (bicyclic) bond motifs is 1. The number of carbonyl (C=O) groups excluding carboxylic acids is 2. The van der Waals surface area contributed by atoms with E-state index in [2.05, 4.69) is 15.6 Å². The van der Waals surface area contributed by atoms with E-state index in [1.807, 2.05) is 43.3 Å². The summed E-state index contributed by atoms with van der Waals surface area (Å²) in [6.45, 7) is 2.98. The highest BCUT2D eigenvalue weighted by molar-refractivity contribution is 7.99. The van der Waals surface area contributed by atoms with E-state index in [9.17, 15) is 14.4 Å². The van der Waals surface area contributed by atoms with Gasteiger partial charge in [-0.25, -0.2) is 4.98 Å². The van der Waals surface area contributed by atoms with E-state index in [-0.39, 0.29) is 35.8 Å². The molecule has 178 valence electrons. The number of hydrogen-bond donors (Lipinski definition) is 2. The maximum absolute atomic E-state index is 13.1. The zero-order valence-corrected chi connectivity index (χ0v) is 19.9. The van der Waals surface area contributed by atoms with Gasteiger partial charge in [0, 0.05) is 12.3 Å². The van der Waals surface area contributed by atoms with Gasteiger partial charge in [0.25, 0.3) is 5.56 Å². The van der Waals surface area contributed by atoms with Crippen molar-refractivity contribution in [2.45, 2.75) is 44.0 Å². The summed E-state index contributed by atoms with van der Waals surface area (Å²) in [6.07, 6.45) is 2.62. The van der Waals surface area contributed by atoms with E-state index in [0.717, 1.165) is 30.5 Å². The maximum atomic E-state index is 13.1. The first kappa shape index (κ1) is 24.0. The lowest BCUT2D eigenvalue weighted by Gasteiger charge is -2.16. The normalized spacial score (nSPS) is 15.4. The number of thioether (sulfide) groups is 1. The molecule has 2 amide bonds. The number of aryl methyl sites for hydroxylation is 1. The molecular formula is C25H28N4O4S. The standard InChI is InChI=1S/C25H28N4O4S/c1-2-17-8-3-5-11-20(17)27-22(30)14-26-23(31)16-34-25-28-21-12-6-4-10-19(21)24(32)29(25)15-18-9-7-13-33-18/h3-6,8,10-12,18H,2,7,9,13-16H2,1H3,(H,26,31)(H,27,30). The van der Waals surface area contributed by atoms with Crippen LogP contribution in [0.4, 0.5) is 5.69 Å². The van der Waals surface area contributed by atoms with Crippen molar-refractivity contribution >= 4 is 40.2 Å². The van der Waals surface area contributed by atoms with Gasteiger partial charge >= 0.3 is 0 Å². The number of ether oxygens (including phenoxy) is 1. The van der Waals surface area contributed by atoms with E-state index in [1.54, 1.807) is 16.7 Å². The number of rotatable bonds is 9. The molecule has 3 aromatic rings. The van der Waals surface area contributed by atoms with Crippen molar-refractivity contribution in [3.63, 3.8) is 0 Å². The fourth-order valence-electron chi connectivity index (χ4n) is 3.92. The van der Waals surface area contributed by atoms with Gasteiger partial charge in [-0.1, -0.05) is 49.0 Å². The second-order valence-electron chi connectivity index (χ2n) is 8.09. The van der Waals surface area contributed by atoms with E-state index in [0.29, 0.717) is 29.2 Å². The highest BCUT2D eigenvalue weighted by Crippen LogP contribution is 2.21. The van der Waals surface area contributed by atoms with Gasteiger partial charge in [-0.05, 0) is 43.0 Å². The Balaban J connectivity index is 1.39. The predicted octanol–water partition coefficient (Wildman–Crippen LogP) is 2.98. The van der Waals surface area contributed by atoms with Crippen molar-refractivity contribution in [1.29, 1.82) is 0 Å². The Bertz CT molecular complexity index is 1240. The number of anilines is 1. The molecule has 2 aromatic carbocycles. The minimum Gasteiger partial charge on any atom is -0.376 e. The third-order valence-electron chi connectivity index (χ3n) is 5.69. The molecule has 0 aliphatic carbocycles. The Morgan fingerprint density at radius 2 is 1.94 bits per heavy atom. The Kier molecular flexibility index (Phi) is 7.97. The minimum absolute atomic E-state index is 0.0368. The molecule has 1 fully saturated rings. The lowest BCUT2D eigenvalue weighted by molar-refractivity contribution is -0.122. The van der Waals surface area contributed by atoms with Crippen LogP contribution in [-0.2, 0) is 27.3 Å². The van der Waals surface area contributed by atoms with E-state index in [4.69, 9.17) is 4.74 Å². The smallest absolute Gasteiger partial charge is 0.262 e. The van der Waals surface area contributed by atoms with Crippen LogP contribution in [0.5, 0.6) is 0 Å². The largest absolute Gasteiger partial charge is 0.376 e. The molecule has 0 spiro atoms. The number of hydrogen-bond acceptors (Lipinski definition) is 6. The molecule has 0 saturated carbocycles. The fraction of sp³-hybridized carbons (Fsp3) is 0.360. The van der Waals surface area contributed by atoms with Crippen LogP contribution in [-0.4, -0.2) is 46.4 Å². The quantitative estimate of drug-likeness (QED) is 0.361. The lowest BCUT2D eigenvalue weighted by Crippen LogP contribution is -2.34. The van der Waals surface area contributed by atoms with Crippen LogP contribution in [0, 0.1) is 0 Å². The molecule has 2 N–H and O–H groups in total. The molecule has 1 unspecified atom stereocenters. The SMILES string of the molecule is CCc1ccccc1NC(=O)CNC(=O)CSc1nc2ccccc2c(=O)n1CC1CCCO1. The zero-order valence-electron chi connectivity index (χ0n) is 19.1. The number of nitrogens with one attached hydrogen (secondary N) is 2. The summed E-state index contributed by atoms with van der Waals surface area (Å²) < 4.78 is 7.32. The van der Waals surface area contributed by atoms with Gasteiger partial charge in [-0.2, -0.15) is 0 Å². The van der Waals surface area contributed by atoms with E-state index in [1.165, 1.54) is 11.8 Å². The first-order chi connectivity index (χ1) is 16.5. The van der Waals surface area contributed by atoms with Gasteiger partial charge in [-0.3, -0.25) is 19.0 Å². The molecule has 8 nitrogen and oxygen atoms in total. The third-order valence-corrected chi connectivity index (χ3v) is 6.66. The average molecular weight is 481 g/mol. The summed E-state index contributed by atoms with van der Waals surface area (Å²) in [5.74, 6) is -0.567. The third kappa shape index (κ3) is 5.84. The predicted molar refractivity (Wildman–Crippen MR) is 133 cm³/mol. The topological polar surface area (TPSA) is 102 Å². The van der Waals surface area contributed by atoms with Gasteiger partial charge in [-0.15, -0.1) is 0 Å². The lowest BCUT2D eigenvalue weighted by atomic mass is 10.1. The Labute approximate surface area is 202 Å².